The molecule has 1 fully saturated rings. The SMILES string of the molecule is CCc1ccc(N2CSC3=C(C#N)[C@H](c4ccc(OCc5ccccc5Cl)cc4)CC(=O)N3C2)cc1. The highest BCUT2D eigenvalue weighted by atomic mass is 35.5. The molecule has 1 atom stereocenters. The van der Waals surface area contributed by atoms with Gasteiger partial charge in [-0.1, -0.05) is 72.8 Å². The number of benzene rings is 3. The third-order valence-corrected chi connectivity index (χ3v) is 8.16. The smallest absolute Gasteiger partial charge is 0.229 e. The number of aryl methyl sites for hydroxylation is 1. The molecule has 0 aromatic heterocycles. The third-order valence-electron chi connectivity index (χ3n) is 6.64. The molecule has 0 bridgehead atoms. The normalized spacial score (nSPS) is 17.6. The van der Waals surface area contributed by atoms with Gasteiger partial charge >= 0.3 is 0 Å². The molecule has 0 radical (unpaired) electrons. The number of thioether (sulfide) groups is 1. The highest BCUT2D eigenvalue weighted by Gasteiger charge is 2.38. The summed E-state index contributed by atoms with van der Waals surface area (Å²) < 4.78 is 5.90. The number of carbonyl (C=O) groups is 1. The molecule has 2 heterocycles. The van der Waals surface area contributed by atoms with Crippen LogP contribution < -0.4 is 9.64 Å². The van der Waals surface area contributed by atoms with Crippen molar-refractivity contribution >= 4 is 35.0 Å². The minimum absolute atomic E-state index is 0.0374. The van der Waals surface area contributed by atoms with Gasteiger partial charge < -0.3 is 9.64 Å². The van der Waals surface area contributed by atoms with Crippen LogP contribution in [0.15, 0.2) is 83.4 Å². The number of nitriles is 1. The number of nitrogens with zero attached hydrogens (tertiary/aromatic N) is 3. The zero-order valence-corrected chi connectivity index (χ0v) is 21.6. The van der Waals surface area contributed by atoms with Crippen LogP contribution in [0, 0.1) is 11.3 Å². The lowest BCUT2D eigenvalue weighted by Crippen LogP contribution is -2.47. The monoisotopic (exact) mass is 515 g/mol. The molecule has 0 N–H and O–H groups in total. The highest BCUT2D eigenvalue weighted by Crippen LogP contribution is 2.43. The number of hydrogen-bond acceptors (Lipinski definition) is 5. The molecule has 1 amide bonds. The van der Waals surface area contributed by atoms with E-state index in [1.165, 1.54) is 5.56 Å². The van der Waals surface area contributed by atoms with E-state index in [1.54, 1.807) is 16.7 Å². The van der Waals surface area contributed by atoms with E-state index >= 15 is 0 Å². The first-order valence-electron chi connectivity index (χ1n) is 11.9. The largest absolute Gasteiger partial charge is 0.489 e. The van der Waals surface area contributed by atoms with Crippen LogP contribution in [0.5, 0.6) is 5.75 Å². The van der Waals surface area contributed by atoms with Crippen LogP contribution in [0.3, 0.4) is 0 Å². The molecule has 36 heavy (non-hydrogen) atoms. The average molecular weight is 516 g/mol. The Morgan fingerprint density at radius 1 is 1.08 bits per heavy atom. The fraction of sp³-hybridized carbons (Fsp3) is 0.241. The Kier molecular flexibility index (Phi) is 7.22. The van der Waals surface area contributed by atoms with E-state index in [0.29, 0.717) is 35.5 Å². The van der Waals surface area contributed by atoms with Crippen LogP contribution in [0.1, 0.15) is 36.0 Å². The second kappa shape index (κ2) is 10.7. The summed E-state index contributed by atoms with van der Waals surface area (Å²) in [5, 5.41) is 11.5. The van der Waals surface area contributed by atoms with E-state index < -0.39 is 0 Å². The van der Waals surface area contributed by atoms with Crippen LogP contribution in [-0.2, 0) is 17.8 Å². The summed E-state index contributed by atoms with van der Waals surface area (Å²) in [4.78, 5) is 17.1. The maximum Gasteiger partial charge on any atom is 0.229 e. The molecule has 0 spiro atoms. The van der Waals surface area contributed by atoms with Crippen LogP contribution >= 0.6 is 23.4 Å². The number of allylic oxidation sites excluding steroid dienone is 1. The summed E-state index contributed by atoms with van der Waals surface area (Å²) in [5.74, 6) is 1.19. The number of fused-ring (bicyclic) bond motifs is 1. The molecule has 2 aliphatic rings. The average Bonchev–Trinajstić information content (AvgIpc) is 2.93. The van der Waals surface area contributed by atoms with Crippen LogP contribution in [0.2, 0.25) is 5.02 Å². The molecule has 3 aromatic rings. The number of carbonyl (C=O) groups excluding carboxylic acids is 1. The first-order chi connectivity index (χ1) is 17.6. The van der Waals surface area contributed by atoms with Crippen LogP contribution in [-0.4, -0.2) is 23.4 Å². The summed E-state index contributed by atoms with van der Waals surface area (Å²) in [6, 6.07) is 26.1. The standard InChI is InChI=1S/C29H26ClN3O2S/c1-2-20-7-11-23(12-8-20)32-18-33-28(34)15-25(26(16-31)29(33)36-19-32)21-9-13-24(14-10-21)35-17-22-5-3-4-6-27(22)30/h3-14,25H,2,15,17-19H2,1H3/t25-/m0/s1. The van der Waals surface area contributed by atoms with Gasteiger partial charge in [0.05, 0.1) is 29.2 Å². The van der Waals surface area contributed by atoms with Gasteiger partial charge in [-0.3, -0.25) is 9.69 Å². The second-order valence-corrected chi connectivity index (χ2v) is 10.2. The summed E-state index contributed by atoms with van der Waals surface area (Å²) in [7, 11) is 0. The number of hydrogen-bond donors (Lipinski definition) is 0. The summed E-state index contributed by atoms with van der Waals surface area (Å²) in [6.07, 6.45) is 1.27. The predicted octanol–water partition coefficient (Wildman–Crippen LogP) is 6.70. The van der Waals surface area contributed by atoms with E-state index in [9.17, 15) is 10.1 Å². The van der Waals surface area contributed by atoms with Crippen molar-refractivity contribution in [2.75, 3.05) is 17.4 Å². The molecule has 0 saturated carbocycles. The summed E-state index contributed by atoms with van der Waals surface area (Å²) >= 11 is 7.77. The Morgan fingerprint density at radius 2 is 1.83 bits per heavy atom. The zero-order valence-electron chi connectivity index (χ0n) is 20.0. The van der Waals surface area contributed by atoms with E-state index in [2.05, 4.69) is 42.2 Å². The Labute approximate surface area is 220 Å². The molecular weight excluding hydrogens is 490 g/mol. The maximum absolute atomic E-state index is 13.2. The van der Waals surface area contributed by atoms with Crippen LogP contribution in [0.25, 0.3) is 0 Å². The van der Waals surface area contributed by atoms with Gasteiger partial charge in [0.25, 0.3) is 0 Å². The minimum atomic E-state index is -0.255. The van der Waals surface area contributed by atoms with E-state index in [4.69, 9.17) is 16.3 Å². The van der Waals surface area contributed by atoms with Gasteiger partial charge in [0.2, 0.25) is 5.91 Å². The van der Waals surface area contributed by atoms with Crippen molar-refractivity contribution in [1.82, 2.24) is 4.90 Å². The lowest BCUT2D eigenvalue weighted by atomic mass is 9.86. The van der Waals surface area contributed by atoms with Gasteiger partial charge in [0.1, 0.15) is 12.4 Å². The van der Waals surface area contributed by atoms with Crippen molar-refractivity contribution in [3.63, 3.8) is 0 Å². The first kappa shape index (κ1) is 24.3. The number of rotatable bonds is 6. The number of halogens is 1. The molecule has 3 aromatic carbocycles. The Balaban J connectivity index is 1.32. The lowest BCUT2D eigenvalue weighted by molar-refractivity contribution is -0.129. The van der Waals surface area contributed by atoms with Gasteiger partial charge in [-0.15, -0.1) is 0 Å². The van der Waals surface area contributed by atoms with Gasteiger partial charge in [0.15, 0.2) is 0 Å². The maximum atomic E-state index is 13.2. The Bertz CT molecular complexity index is 1330. The second-order valence-electron chi connectivity index (χ2n) is 8.83. The Morgan fingerprint density at radius 3 is 2.53 bits per heavy atom. The van der Waals surface area contributed by atoms with Crippen molar-refractivity contribution in [2.24, 2.45) is 0 Å². The quantitative estimate of drug-likeness (QED) is 0.365. The van der Waals surface area contributed by atoms with E-state index in [1.807, 2.05) is 48.5 Å². The Hall–Kier alpha value is -3.40. The third kappa shape index (κ3) is 4.95. The predicted molar refractivity (Wildman–Crippen MR) is 145 cm³/mol. The molecule has 182 valence electrons. The lowest BCUT2D eigenvalue weighted by Gasteiger charge is -2.42. The molecule has 0 aliphatic carbocycles. The molecule has 5 rings (SSSR count). The van der Waals surface area contributed by atoms with Crippen molar-refractivity contribution < 1.29 is 9.53 Å². The van der Waals surface area contributed by atoms with E-state index in [0.717, 1.165) is 28.3 Å². The summed E-state index contributed by atoms with van der Waals surface area (Å²) in [5.41, 5.74) is 4.88. The molecule has 5 nitrogen and oxygen atoms in total. The van der Waals surface area contributed by atoms with Crippen molar-refractivity contribution in [2.45, 2.75) is 32.3 Å². The van der Waals surface area contributed by atoms with Gasteiger partial charge in [0, 0.05) is 28.6 Å². The molecule has 1 saturated heterocycles. The molecular formula is C29H26ClN3O2S. The zero-order chi connectivity index (χ0) is 25.1. The number of anilines is 1. The molecule has 0 unspecified atom stereocenters. The molecule has 7 heteroatoms. The van der Waals surface area contributed by atoms with Gasteiger partial charge in [-0.05, 0) is 47.9 Å². The van der Waals surface area contributed by atoms with Crippen molar-refractivity contribution in [3.05, 3.63) is 105 Å². The number of ether oxygens (including phenoxy) is 1. The van der Waals surface area contributed by atoms with E-state index in [-0.39, 0.29) is 18.2 Å². The first-order valence-corrected chi connectivity index (χ1v) is 13.3. The van der Waals surface area contributed by atoms with Crippen molar-refractivity contribution in [1.29, 1.82) is 5.26 Å². The molecule has 2 aliphatic heterocycles. The minimum Gasteiger partial charge on any atom is -0.489 e. The highest BCUT2D eigenvalue weighted by molar-refractivity contribution is 8.03. The van der Waals surface area contributed by atoms with Crippen LogP contribution in [0.4, 0.5) is 5.69 Å². The van der Waals surface area contributed by atoms with Gasteiger partial charge in [-0.2, -0.15) is 5.26 Å². The number of amides is 1. The summed E-state index contributed by atoms with van der Waals surface area (Å²) in [6.45, 7) is 2.97. The fourth-order valence-corrected chi connectivity index (χ4v) is 5.88. The fourth-order valence-electron chi connectivity index (χ4n) is 4.53. The topological polar surface area (TPSA) is 56.6 Å². The van der Waals surface area contributed by atoms with Gasteiger partial charge in [-0.25, -0.2) is 0 Å². The van der Waals surface area contributed by atoms with Crippen molar-refractivity contribution in [3.8, 4) is 11.8 Å².